The Morgan fingerprint density at radius 1 is 1.33 bits per heavy atom. The van der Waals surface area contributed by atoms with E-state index in [2.05, 4.69) is 37.1 Å². The summed E-state index contributed by atoms with van der Waals surface area (Å²) in [5.41, 5.74) is 1.19. The largest absolute Gasteiger partial charge is 0.370 e. The van der Waals surface area contributed by atoms with Crippen LogP contribution >= 0.6 is 0 Å². The molecule has 3 heteroatoms. The molecule has 0 saturated heterocycles. The van der Waals surface area contributed by atoms with Crippen molar-refractivity contribution in [2.45, 2.75) is 52.9 Å². The Kier molecular flexibility index (Phi) is 4.56. The van der Waals surface area contributed by atoms with Crippen molar-refractivity contribution in [3.05, 3.63) is 17.6 Å². The SMILES string of the molecule is CCNc1cc(CC(C)C)nc(CC2CCC2)n1. The fourth-order valence-corrected chi connectivity index (χ4v) is 2.39. The van der Waals surface area contributed by atoms with Gasteiger partial charge in [-0.2, -0.15) is 0 Å². The summed E-state index contributed by atoms with van der Waals surface area (Å²) in [5, 5.41) is 3.32. The highest BCUT2D eigenvalue weighted by atomic mass is 15.0. The molecule has 1 N–H and O–H groups in total. The molecular weight excluding hydrogens is 222 g/mol. The summed E-state index contributed by atoms with van der Waals surface area (Å²) in [6.45, 7) is 7.50. The van der Waals surface area contributed by atoms with Gasteiger partial charge in [0.25, 0.3) is 0 Å². The van der Waals surface area contributed by atoms with E-state index >= 15 is 0 Å². The summed E-state index contributed by atoms with van der Waals surface area (Å²) in [7, 11) is 0. The van der Waals surface area contributed by atoms with E-state index in [1.807, 2.05) is 0 Å². The Hall–Kier alpha value is -1.12. The summed E-state index contributed by atoms with van der Waals surface area (Å²) < 4.78 is 0. The highest BCUT2D eigenvalue weighted by Gasteiger charge is 2.19. The van der Waals surface area contributed by atoms with E-state index in [4.69, 9.17) is 4.98 Å². The average Bonchev–Trinajstić information content (AvgIpc) is 2.23. The van der Waals surface area contributed by atoms with E-state index in [0.29, 0.717) is 5.92 Å². The monoisotopic (exact) mass is 247 g/mol. The second-order valence-corrected chi connectivity index (χ2v) is 5.79. The Bertz CT molecular complexity index is 383. The quantitative estimate of drug-likeness (QED) is 0.836. The second-order valence-electron chi connectivity index (χ2n) is 5.79. The van der Waals surface area contributed by atoms with Crippen molar-refractivity contribution in [3.63, 3.8) is 0 Å². The van der Waals surface area contributed by atoms with Crippen LogP contribution in [0.15, 0.2) is 6.07 Å². The van der Waals surface area contributed by atoms with E-state index in [1.165, 1.54) is 25.0 Å². The summed E-state index contributed by atoms with van der Waals surface area (Å²) in [4.78, 5) is 9.36. The van der Waals surface area contributed by atoms with Crippen molar-refractivity contribution in [3.8, 4) is 0 Å². The Morgan fingerprint density at radius 2 is 2.11 bits per heavy atom. The van der Waals surface area contributed by atoms with Crippen LogP contribution in [0, 0.1) is 11.8 Å². The van der Waals surface area contributed by atoms with Crippen LogP contribution in [-0.4, -0.2) is 16.5 Å². The maximum Gasteiger partial charge on any atom is 0.131 e. The number of rotatable bonds is 6. The minimum atomic E-state index is 0.644. The first-order chi connectivity index (χ1) is 8.67. The van der Waals surface area contributed by atoms with E-state index in [9.17, 15) is 0 Å². The molecule has 0 radical (unpaired) electrons. The molecule has 0 aliphatic heterocycles. The predicted molar refractivity (Wildman–Crippen MR) is 75.8 cm³/mol. The third kappa shape index (κ3) is 3.69. The molecular formula is C15H25N3. The van der Waals surface area contributed by atoms with Gasteiger partial charge in [0.05, 0.1) is 0 Å². The minimum Gasteiger partial charge on any atom is -0.370 e. The molecule has 100 valence electrons. The maximum atomic E-state index is 4.73. The third-order valence-electron chi connectivity index (χ3n) is 3.50. The van der Waals surface area contributed by atoms with E-state index in [-0.39, 0.29) is 0 Å². The first-order valence-electron chi connectivity index (χ1n) is 7.28. The van der Waals surface area contributed by atoms with Gasteiger partial charge in [-0.25, -0.2) is 9.97 Å². The van der Waals surface area contributed by atoms with Crippen LogP contribution in [0.4, 0.5) is 5.82 Å². The summed E-state index contributed by atoms with van der Waals surface area (Å²) in [6, 6.07) is 2.10. The van der Waals surface area contributed by atoms with Gasteiger partial charge < -0.3 is 5.32 Å². The normalized spacial score (nSPS) is 15.8. The third-order valence-corrected chi connectivity index (χ3v) is 3.50. The fraction of sp³-hybridized carbons (Fsp3) is 0.733. The van der Waals surface area contributed by atoms with Crippen LogP contribution in [0.3, 0.4) is 0 Å². The first-order valence-corrected chi connectivity index (χ1v) is 7.28. The molecule has 0 bridgehead atoms. The molecule has 1 heterocycles. The smallest absolute Gasteiger partial charge is 0.131 e. The van der Waals surface area contributed by atoms with Gasteiger partial charge in [0.1, 0.15) is 11.6 Å². The van der Waals surface area contributed by atoms with Gasteiger partial charge >= 0.3 is 0 Å². The van der Waals surface area contributed by atoms with E-state index in [0.717, 1.165) is 36.9 Å². The molecule has 0 spiro atoms. The number of nitrogens with zero attached hydrogens (tertiary/aromatic N) is 2. The van der Waals surface area contributed by atoms with Crippen molar-refractivity contribution < 1.29 is 0 Å². The zero-order valence-electron chi connectivity index (χ0n) is 11.9. The Morgan fingerprint density at radius 3 is 2.67 bits per heavy atom. The van der Waals surface area contributed by atoms with E-state index in [1.54, 1.807) is 0 Å². The zero-order chi connectivity index (χ0) is 13.0. The molecule has 0 aromatic carbocycles. The van der Waals surface area contributed by atoms with Crippen LogP contribution in [0.1, 0.15) is 51.6 Å². The van der Waals surface area contributed by atoms with Gasteiger partial charge in [-0.1, -0.05) is 33.1 Å². The van der Waals surface area contributed by atoms with Gasteiger partial charge in [0, 0.05) is 24.7 Å². The molecule has 1 fully saturated rings. The lowest BCUT2D eigenvalue weighted by molar-refractivity contribution is 0.309. The lowest BCUT2D eigenvalue weighted by Gasteiger charge is -2.24. The molecule has 0 amide bonds. The molecule has 2 rings (SSSR count). The summed E-state index contributed by atoms with van der Waals surface area (Å²) >= 11 is 0. The number of hydrogen-bond acceptors (Lipinski definition) is 3. The minimum absolute atomic E-state index is 0.644. The van der Waals surface area contributed by atoms with Crippen molar-refractivity contribution in [2.75, 3.05) is 11.9 Å². The van der Waals surface area contributed by atoms with Crippen molar-refractivity contribution in [1.82, 2.24) is 9.97 Å². The van der Waals surface area contributed by atoms with Gasteiger partial charge in [0.2, 0.25) is 0 Å². The van der Waals surface area contributed by atoms with Gasteiger partial charge in [-0.05, 0) is 25.2 Å². The molecule has 1 aliphatic carbocycles. The fourth-order valence-electron chi connectivity index (χ4n) is 2.39. The molecule has 0 atom stereocenters. The van der Waals surface area contributed by atoms with Crippen LogP contribution in [-0.2, 0) is 12.8 Å². The second kappa shape index (κ2) is 6.17. The number of hydrogen-bond donors (Lipinski definition) is 1. The number of nitrogens with one attached hydrogen (secondary N) is 1. The molecule has 1 saturated carbocycles. The summed E-state index contributed by atoms with van der Waals surface area (Å²) in [5.74, 6) is 3.51. The van der Waals surface area contributed by atoms with Crippen LogP contribution < -0.4 is 5.32 Å². The van der Waals surface area contributed by atoms with Crippen LogP contribution in [0.25, 0.3) is 0 Å². The van der Waals surface area contributed by atoms with Crippen molar-refractivity contribution in [2.24, 2.45) is 11.8 Å². The molecule has 0 unspecified atom stereocenters. The van der Waals surface area contributed by atoms with Gasteiger partial charge in [-0.15, -0.1) is 0 Å². The predicted octanol–water partition coefficient (Wildman–Crippen LogP) is 3.45. The first kappa shape index (κ1) is 13.3. The van der Waals surface area contributed by atoms with Gasteiger partial charge in [0.15, 0.2) is 0 Å². The zero-order valence-corrected chi connectivity index (χ0v) is 11.9. The highest BCUT2D eigenvalue weighted by Crippen LogP contribution is 2.29. The van der Waals surface area contributed by atoms with E-state index < -0.39 is 0 Å². The van der Waals surface area contributed by atoms with Gasteiger partial charge in [-0.3, -0.25) is 0 Å². The number of aromatic nitrogens is 2. The topological polar surface area (TPSA) is 37.8 Å². The lowest BCUT2D eigenvalue weighted by atomic mass is 9.83. The highest BCUT2D eigenvalue weighted by molar-refractivity contribution is 5.36. The molecule has 1 aromatic heterocycles. The lowest BCUT2D eigenvalue weighted by Crippen LogP contribution is -2.17. The Balaban J connectivity index is 2.12. The van der Waals surface area contributed by atoms with Crippen molar-refractivity contribution >= 4 is 5.82 Å². The Labute approximate surface area is 110 Å². The molecule has 3 nitrogen and oxygen atoms in total. The van der Waals surface area contributed by atoms with Crippen molar-refractivity contribution in [1.29, 1.82) is 0 Å². The number of anilines is 1. The van der Waals surface area contributed by atoms with Crippen LogP contribution in [0.5, 0.6) is 0 Å². The maximum absolute atomic E-state index is 4.73. The molecule has 18 heavy (non-hydrogen) atoms. The summed E-state index contributed by atoms with van der Waals surface area (Å²) in [6.07, 6.45) is 6.20. The van der Waals surface area contributed by atoms with Crippen LogP contribution in [0.2, 0.25) is 0 Å². The molecule has 1 aliphatic rings. The average molecular weight is 247 g/mol. The molecule has 1 aromatic rings. The standard InChI is InChI=1S/C15H25N3/c1-4-16-14-10-13(8-11(2)3)17-15(18-14)9-12-6-5-7-12/h10-12H,4-9H2,1-3H3,(H,16,17,18).